The van der Waals surface area contributed by atoms with Crippen LogP contribution in [0.15, 0.2) is 72.8 Å². The Morgan fingerprint density at radius 2 is 1.96 bits per heavy atom. The molecular formula is C41H37Cl2FN6O4. The van der Waals surface area contributed by atoms with Crippen molar-refractivity contribution in [3.8, 4) is 11.5 Å². The lowest BCUT2D eigenvalue weighted by atomic mass is 9.94. The maximum atomic E-state index is 15.0. The average Bonchev–Trinajstić information content (AvgIpc) is 3.79. The van der Waals surface area contributed by atoms with E-state index in [0.717, 1.165) is 64.0 Å². The molecule has 6 aromatic rings. The van der Waals surface area contributed by atoms with Crippen LogP contribution < -0.4 is 14.8 Å². The summed E-state index contributed by atoms with van der Waals surface area (Å²) in [5.41, 5.74) is 6.66. The number of rotatable bonds is 8. The van der Waals surface area contributed by atoms with Crippen LogP contribution in [0, 0.1) is 12.7 Å². The number of amides is 1. The molecule has 1 fully saturated rings. The van der Waals surface area contributed by atoms with E-state index in [1.807, 2.05) is 49.4 Å². The summed E-state index contributed by atoms with van der Waals surface area (Å²) in [4.78, 5) is 21.0. The molecule has 10 nitrogen and oxygen atoms in total. The van der Waals surface area contributed by atoms with E-state index in [4.69, 9.17) is 42.4 Å². The summed E-state index contributed by atoms with van der Waals surface area (Å²) in [5.74, 6) is 0.00779. The number of nitrogens with one attached hydrogen (secondary N) is 2. The van der Waals surface area contributed by atoms with Crippen LogP contribution in [0.4, 0.5) is 10.1 Å². The van der Waals surface area contributed by atoms with Crippen molar-refractivity contribution in [3.05, 3.63) is 117 Å². The van der Waals surface area contributed by atoms with Gasteiger partial charge in [0.25, 0.3) is 11.7 Å². The molecule has 0 bridgehead atoms. The highest BCUT2D eigenvalue weighted by atomic mass is 35.5. The molecule has 1 saturated heterocycles. The fourth-order valence-electron chi connectivity index (χ4n) is 7.67. The number of benzene rings is 4. The van der Waals surface area contributed by atoms with Crippen LogP contribution >= 0.6 is 23.2 Å². The van der Waals surface area contributed by atoms with Gasteiger partial charge in [-0.3, -0.25) is 14.8 Å². The average molecular weight is 768 g/mol. The van der Waals surface area contributed by atoms with Crippen LogP contribution in [0.3, 0.4) is 0 Å². The Bertz CT molecular complexity index is 2510. The van der Waals surface area contributed by atoms with Gasteiger partial charge in [0.2, 0.25) is 0 Å². The summed E-state index contributed by atoms with van der Waals surface area (Å²) < 4.78 is 35.7. The molecule has 4 aromatic carbocycles. The topological polar surface area (TPSA) is 107 Å². The van der Waals surface area contributed by atoms with Crippen molar-refractivity contribution in [1.29, 1.82) is 0 Å². The number of fused-ring (bicyclic) bond motifs is 3. The van der Waals surface area contributed by atoms with Gasteiger partial charge in [-0.25, -0.2) is 9.37 Å². The molecule has 0 aliphatic carbocycles. The van der Waals surface area contributed by atoms with E-state index >= 15 is 0 Å². The van der Waals surface area contributed by atoms with Crippen LogP contribution in [-0.4, -0.2) is 55.9 Å². The SMILES string of the molecule is Cc1n[nH]c2c(Cl)cc(NC(=O)c3ccc4c(c3)nc(CN3CC=C(c5cccc6c5O[C@@](C)(c5ccc(Cl)cc5F)O6)C[C@@H]3C)n4C[C@@H]3CCO3)cc12. The van der Waals surface area contributed by atoms with E-state index < -0.39 is 11.6 Å². The van der Waals surface area contributed by atoms with Gasteiger partial charge in [-0.05, 0) is 86.9 Å². The fraction of sp³-hybridized carbons (Fsp3) is 0.293. The predicted molar refractivity (Wildman–Crippen MR) is 207 cm³/mol. The second kappa shape index (κ2) is 13.4. The number of aromatic amines is 1. The van der Waals surface area contributed by atoms with E-state index in [0.29, 0.717) is 52.4 Å². The van der Waals surface area contributed by atoms with Crippen molar-refractivity contribution in [2.24, 2.45) is 0 Å². The number of H-pyrrole nitrogens is 1. The number of ether oxygens (including phenoxy) is 3. The molecule has 2 aromatic heterocycles. The summed E-state index contributed by atoms with van der Waals surface area (Å²) in [6.07, 6.45) is 4.09. The number of imidazole rings is 1. The fourth-order valence-corrected chi connectivity index (χ4v) is 8.09. The molecule has 5 heterocycles. The first-order chi connectivity index (χ1) is 26.0. The third kappa shape index (κ3) is 6.18. The quantitative estimate of drug-likeness (QED) is 0.159. The second-order valence-electron chi connectivity index (χ2n) is 14.4. The lowest BCUT2D eigenvalue weighted by Gasteiger charge is -2.34. The zero-order chi connectivity index (χ0) is 37.3. The number of halogens is 3. The molecule has 13 heteroatoms. The second-order valence-corrected chi connectivity index (χ2v) is 15.2. The highest BCUT2D eigenvalue weighted by Crippen LogP contribution is 2.49. The number of carbonyl (C=O) groups is 1. The normalized spacial score (nSPS) is 21.0. The maximum absolute atomic E-state index is 15.0. The molecule has 2 N–H and O–H groups in total. The Kier molecular flexibility index (Phi) is 8.65. The van der Waals surface area contributed by atoms with Gasteiger partial charge in [0.15, 0.2) is 11.5 Å². The minimum absolute atomic E-state index is 0.120. The van der Waals surface area contributed by atoms with Gasteiger partial charge in [-0.1, -0.05) is 41.4 Å². The van der Waals surface area contributed by atoms with Crippen LogP contribution in [0.25, 0.3) is 27.5 Å². The predicted octanol–water partition coefficient (Wildman–Crippen LogP) is 9.03. The molecule has 54 heavy (non-hydrogen) atoms. The van der Waals surface area contributed by atoms with E-state index in [9.17, 15) is 9.18 Å². The zero-order valence-corrected chi connectivity index (χ0v) is 31.4. The number of aryl methyl sites for hydroxylation is 1. The lowest BCUT2D eigenvalue weighted by Crippen LogP contribution is -2.37. The monoisotopic (exact) mass is 766 g/mol. The van der Waals surface area contributed by atoms with Gasteiger partial charge in [0.1, 0.15) is 11.6 Å². The molecule has 0 unspecified atom stereocenters. The summed E-state index contributed by atoms with van der Waals surface area (Å²) in [6.45, 7) is 8.55. The molecule has 3 aliphatic heterocycles. The largest absolute Gasteiger partial charge is 0.444 e. The standard InChI is InChI=1S/C41H37Cl2FN6O4/c1-22-15-24(29-5-4-6-36-39(29)54-41(3,53-36)31-9-8-26(42)17-33(31)44)11-13-49(22)21-37-46-34-16-25(7-10-35(34)50(37)20-28-12-14-52-28)40(51)45-27-18-30-23(2)47-48-38(30)32(43)19-27/h4-11,16-19,22,28H,12-15,20-21H2,1-3H3,(H,45,51)(H,47,48)/t22-,28-,41-/m0/s1. The number of nitrogens with zero attached hydrogens (tertiary/aromatic N) is 4. The highest BCUT2D eigenvalue weighted by molar-refractivity contribution is 6.35. The van der Waals surface area contributed by atoms with Crippen molar-refractivity contribution in [2.45, 2.75) is 64.6 Å². The molecule has 276 valence electrons. The number of aromatic nitrogens is 4. The van der Waals surface area contributed by atoms with Gasteiger partial charge in [-0.15, -0.1) is 0 Å². The van der Waals surface area contributed by atoms with E-state index in [2.05, 4.69) is 38.0 Å². The van der Waals surface area contributed by atoms with Gasteiger partial charge < -0.3 is 24.1 Å². The smallest absolute Gasteiger partial charge is 0.278 e. The van der Waals surface area contributed by atoms with E-state index in [1.165, 1.54) is 6.07 Å². The van der Waals surface area contributed by atoms with Crippen LogP contribution in [-0.2, 0) is 23.6 Å². The number of para-hydroxylation sites is 1. The minimum atomic E-state index is -1.33. The molecule has 1 amide bonds. The summed E-state index contributed by atoms with van der Waals surface area (Å²) >= 11 is 12.5. The molecule has 0 radical (unpaired) electrons. The maximum Gasteiger partial charge on any atom is 0.278 e. The summed E-state index contributed by atoms with van der Waals surface area (Å²) in [6, 6.07) is 19.7. The van der Waals surface area contributed by atoms with Crippen molar-refractivity contribution >= 4 is 62.3 Å². The number of hydrogen-bond donors (Lipinski definition) is 2. The Balaban J connectivity index is 0.959. The van der Waals surface area contributed by atoms with Crippen LogP contribution in [0.1, 0.15) is 59.7 Å². The molecular weight excluding hydrogens is 730 g/mol. The zero-order valence-electron chi connectivity index (χ0n) is 29.9. The first-order valence-electron chi connectivity index (χ1n) is 18.0. The Hall–Kier alpha value is -4.94. The third-order valence-electron chi connectivity index (χ3n) is 10.7. The Morgan fingerprint density at radius 1 is 1.11 bits per heavy atom. The van der Waals surface area contributed by atoms with Gasteiger partial charge in [0.05, 0.1) is 52.0 Å². The number of anilines is 1. The molecule has 3 atom stereocenters. The Labute approximate surface area is 320 Å². The Morgan fingerprint density at radius 3 is 2.74 bits per heavy atom. The number of carbonyl (C=O) groups excluding carboxylic acids is 1. The molecule has 0 spiro atoms. The van der Waals surface area contributed by atoms with Crippen LogP contribution in [0.2, 0.25) is 10.0 Å². The highest BCUT2D eigenvalue weighted by Gasteiger charge is 2.42. The van der Waals surface area contributed by atoms with Crippen molar-refractivity contribution in [2.75, 3.05) is 18.5 Å². The number of hydrogen-bond acceptors (Lipinski definition) is 7. The third-order valence-corrected chi connectivity index (χ3v) is 11.3. The molecule has 9 rings (SSSR count). The van der Waals surface area contributed by atoms with Crippen molar-refractivity contribution in [3.63, 3.8) is 0 Å². The first-order valence-corrected chi connectivity index (χ1v) is 18.7. The van der Waals surface area contributed by atoms with Crippen LogP contribution in [0.5, 0.6) is 11.5 Å². The minimum Gasteiger partial charge on any atom is -0.444 e. The van der Waals surface area contributed by atoms with Gasteiger partial charge in [-0.2, -0.15) is 5.10 Å². The molecule has 0 saturated carbocycles. The first kappa shape index (κ1) is 34.8. The lowest BCUT2D eigenvalue weighted by molar-refractivity contribution is -0.0708. The molecule has 3 aliphatic rings. The summed E-state index contributed by atoms with van der Waals surface area (Å²) in [7, 11) is 0. The van der Waals surface area contributed by atoms with Gasteiger partial charge in [0, 0.05) is 53.3 Å². The summed E-state index contributed by atoms with van der Waals surface area (Å²) in [5, 5.41) is 11.8. The van der Waals surface area contributed by atoms with Crippen molar-refractivity contribution < 1.29 is 23.4 Å². The van der Waals surface area contributed by atoms with Gasteiger partial charge >= 0.3 is 0 Å². The van der Waals surface area contributed by atoms with E-state index in [1.54, 1.807) is 25.1 Å². The van der Waals surface area contributed by atoms with Crippen molar-refractivity contribution in [1.82, 2.24) is 24.6 Å². The van der Waals surface area contributed by atoms with E-state index in [-0.39, 0.29) is 23.6 Å².